The van der Waals surface area contributed by atoms with Crippen LogP contribution in [-0.2, 0) is 24.9 Å². The molecule has 0 fully saturated rings. The summed E-state index contributed by atoms with van der Waals surface area (Å²) in [6.45, 7) is 10.8. The first-order valence-electron chi connectivity index (χ1n) is 8.35. The first-order chi connectivity index (χ1) is 12.0. The largest absolute Gasteiger partial charge is 0.477 e. The minimum atomic E-state index is -3.77. The summed E-state index contributed by atoms with van der Waals surface area (Å²) in [4.78, 5) is 1.14. The fraction of sp³-hybridized carbons (Fsp3) is 0.500. The highest BCUT2D eigenvalue weighted by Crippen LogP contribution is 2.55. The third kappa shape index (κ3) is 7.17. The van der Waals surface area contributed by atoms with Crippen LogP contribution < -0.4 is 0 Å². The maximum atomic E-state index is 13.1. The van der Waals surface area contributed by atoms with E-state index in [1.54, 1.807) is 63.8 Å². The minimum Gasteiger partial charge on any atom is -0.281 e. The van der Waals surface area contributed by atoms with E-state index in [1.165, 1.54) is 0 Å². The molecule has 2 aromatic heterocycles. The molecule has 0 aliphatic rings. The Morgan fingerprint density at radius 1 is 1.12 bits per heavy atom. The molecule has 0 saturated carbocycles. The summed E-state index contributed by atoms with van der Waals surface area (Å²) in [5.41, 5.74) is -0.518. The molecule has 8 heteroatoms. The monoisotopic (exact) mass is 398 g/mol. The highest BCUT2D eigenvalue weighted by atomic mass is 32.1. The number of aromatic nitrogens is 2. The van der Waals surface area contributed by atoms with Crippen molar-refractivity contribution < 1.29 is 18.1 Å². The summed E-state index contributed by atoms with van der Waals surface area (Å²) in [5, 5.41) is 6.24. The van der Waals surface area contributed by atoms with Crippen molar-refractivity contribution in [1.29, 1.82) is 0 Å². The molecule has 26 heavy (non-hydrogen) atoms. The van der Waals surface area contributed by atoms with E-state index in [4.69, 9.17) is 13.6 Å². The van der Waals surface area contributed by atoms with Gasteiger partial charge in [-0.3, -0.25) is 13.6 Å². The van der Waals surface area contributed by atoms with Gasteiger partial charge < -0.3 is 0 Å². The minimum absolute atomic E-state index is 0.0411. The molecule has 144 valence electrons. The third-order valence-corrected chi connectivity index (χ3v) is 5.63. The van der Waals surface area contributed by atoms with Crippen LogP contribution in [0, 0.1) is 0 Å². The quantitative estimate of drug-likeness (QED) is 0.549. The van der Waals surface area contributed by atoms with E-state index in [1.807, 2.05) is 35.7 Å². The van der Waals surface area contributed by atoms with Gasteiger partial charge in [0.15, 0.2) is 6.73 Å². The Hall–Kier alpha value is -1.24. The summed E-state index contributed by atoms with van der Waals surface area (Å²) < 4.78 is 31.5. The number of hydrogen-bond acceptors (Lipinski definition) is 6. The zero-order valence-corrected chi connectivity index (χ0v) is 17.8. The molecule has 0 atom stereocenters. The lowest BCUT2D eigenvalue weighted by molar-refractivity contribution is -0.00762. The first-order valence-corrected chi connectivity index (χ1v) is 10.7. The SMILES string of the molecule is CC(C)(C)OP(=O)(OCn1nccc1C=Cc1cccs1)OC(C)(C)C. The fourth-order valence-corrected chi connectivity index (χ4v) is 4.37. The van der Waals surface area contributed by atoms with Crippen LogP contribution in [-0.4, -0.2) is 21.0 Å². The number of thiophene rings is 1. The van der Waals surface area contributed by atoms with Gasteiger partial charge in [0.05, 0.1) is 16.9 Å². The molecule has 6 nitrogen and oxygen atoms in total. The van der Waals surface area contributed by atoms with Crippen LogP contribution in [0.4, 0.5) is 0 Å². The van der Waals surface area contributed by atoms with Crippen LogP contribution in [0.2, 0.25) is 0 Å². The molecule has 0 aromatic carbocycles. The molecule has 0 bridgehead atoms. The number of hydrogen-bond donors (Lipinski definition) is 0. The molecule has 0 amide bonds. The van der Waals surface area contributed by atoms with Gasteiger partial charge in [0.2, 0.25) is 0 Å². The van der Waals surface area contributed by atoms with Crippen LogP contribution in [0.5, 0.6) is 0 Å². The van der Waals surface area contributed by atoms with E-state index in [2.05, 4.69) is 5.10 Å². The van der Waals surface area contributed by atoms with Gasteiger partial charge in [0.1, 0.15) is 0 Å². The van der Waals surface area contributed by atoms with Crippen molar-refractivity contribution in [1.82, 2.24) is 9.78 Å². The lowest BCUT2D eigenvalue weighted by Gasteiger charge is -2.30. The zero-order valence-electron chi connectivity index (χ0n) is 16.1. The molecule has 0 aliphatic carbocycles. The standard InChI is InChI=1S/C18H27N2O4PS/c1-17(2,3)23-25(21,24-18(4,5)6)22-14-20-15(11-12-19-20)9-10-16-8-7-13-26-16/h7-13H,14H2,1-6H3. The molecular formula is C18H27N2O4PS. The van der Waals surface area contributed by atoms with Crippen LogP contribution in [0.3, 0.4) is 0 Å². The fourth-order valence-electron chi connectivity index (χ4n) is 2.01. The summed E-state index contributed by atoms with van der Waals surface area (Å²) in [6.07, 6.45) is 5.59. The maximum absolute atomic E-state index is 13.1. The second-order valence-corrected chi connectivity index (χ2v) is 10.2. The van der Waals surface area contributed by atoms with Crippen molar-refractivity contribution in [3.8, 4) is 0 Å². The molecule has 0 unspecified atom stereocenters. The lowest BCUT2D eigenvalue weighted by Crippen LogP contribution is -2.25. The third-order valence-electron chi connectivity index (χ3n) is 2.82. The Morgan fingerprint density at radius 2 is 1.77 bits per heavy atom. The van der Waals surface area contributed by atoms with Gasteiger partial charge in [-0.25, -0.2) is 9.25 Å². The Kier molecular flexibility index (Phi) is 6.64. The van der Waals surface area contributed by atoms with Crippen LogP contribution in [0.1, 0.15) is 52.1 Å². The van der Waals surface area contributed by atoms with E-state index in [0.29, 0.717) is 0 Å². The van der Waals surface area contributed by atoms with E-state index < -0.39 is 19.0 Å². The summed E-state index contributed by atoms with van der Waals surface area (Å²) in [6, 6.07) is 5.88. The van der Waals surface area contributed by atoms with Crippen LogP contribution in [0.15, 0.2) is 29.8 Å². The molecule has 2 aromatic rings. The van der Waals surface area contributed by atoms with Gasteiger partial charge in [-0.05, 0) is 71.2 Å². The van der Waals surface area contributed by atoms with Gasteiger partial charge in [0.25, 0.3) is 0 Å². The van der Waals surface area contributed by atoms with Crippen molar-refractivity contribution >= 4 is 31.3 Å². The molecule has 0 spiro atoms. The normalized spacial score (nSPS) is 13.6. The Morgan fingerprint density at radius 3 is 2.31 bits per heavy atom. The van der Waals surface area contributed by atoms with Gasteiger partial charge in [0, 0.05) is 11.1 Å². The van der Waals surface area contributed by atoms with Gasteiger partial charge in [-0.15, -0.1) is 11.3 Å². The van der Waals surface area contributed by atoms with Gasteiger partial charge in [-0.1, -0.05) is 6.07 Å². The Labute approximate surface area is 159 Å². The van der Waals surface area contributed by atoms with Crippen molar-refractivity contribution in [2.75, 3.05) is 0 Å². The predicted octanol–water partition coefficient (Wildman–Crippen LogP) is 5.83. The second-order valence-electron chi connectivity index (χ2n) is 7.72. The highest BCUT2D eigenvalue weighted by molar-refractivity contribution is 7.48. The average Bonchev–Trinajstić information content (AvgIpc) is 3.10. The van der Waals surface area contributed by atoms with E-state index >= 15 is 0 Å². The smallest absolute Gasteiger partial charge is 0.281 e. The molecule has 0 radical (unpaired) electrons. The number of phosphoric ester groups is 1. The lowest BCUT2D eigenvalue weighted by atomic mass is 10.2. The first kappa shape index (κ1) is 21.1. The Balaban J connectivity index is 2.11. The zero-order chi connectivity index (χ0) is 19.4. The van der Waals surface area contributed by atoms with Gasteiger partial charge in [-0.2, -0.15) is 5.10 Å². The van der Waals surface area contributed by atoms with Crippen molar-refractivity contribution in [3.63, 3.8) is 0 Å². The van der Waals surface area contributed by atoms with Crippen molar-refractivity contribution in [2.24, 2.45) is 0 Å². The highest BCUT2D eigenvalue weighted by Gasteiger charge is 2.37. The van der Waals surface area contributed by atoms with Crippen molar-refractivity contribution in [3.05, 3.63) is 40.3 Å². The molecular weight excluding hydrogens is 371 g/mol. The topological polar surface area (TPSA) is 62.6 Å². The predicted molar refractivity (Wildman–Crippen MR) is 106 cm³/mol. The van der Waals surface area contributed by atoms with E-state index in [-0.39, 0.29) is 6.73 Å². The van der Waals surface area contributed by atoms with Crippen LogP contribution in [0.25, 0.3) is 12.2 Å². The Bertz CT molecular complexity index is 750. The van der Waals surface area contributed by atoms with E-state index in [9.17, 15) is 4.57 Å². The molecule has 0 saturated heterocycles. The molecule has 0 N–H and O–H groups in total. The summed E-state index contributed by atoms with van der Waals surface area (Å²) >= 11 is 1.65. The second kappa shape index (κ2) is 8.19. The number of nitrogens with zero attached hydrogens (tertiary/aromatic N) is 2. The van der Waals surface area contributed by atoms with Gasteiger partial charge >= 0.3 is 7.82 Å². The van der Waals surface area contributed by atoms with Crippen molar-refractivity contribution in [2.45, 2.75) is 59.5 Å². The number of rotatable bonds is 7. The molecule has 0 aliphatic heterocycles. The average molecular weight is 398 g/mol. The summed E-state index contributed by atoms with van der Waals surface area (Å²) in [7, 11) is -3.77. The maximum Gasteiger partial charge on any atom is 0.477 e. The molecule has 2 rings (SSSR count). The molecule has 2 heterocycles. The van der Waals surface area contributed by atoms with Crippen LogP contribution >= 0.6 is 19.2 Å². The van der Waals surface area contributed by atoms with E-state index in [0.717, 1.165) is 10.6 Å². The number of phosphoric acid groups is 1. The summed E-state index contributed by atoms with van der Waals surface area (Å²) in [5.74, 6) is 0.